The number of urea groups is 1. The van der Waals surface area contributed by atoms with Gasteiger partial charge in [0.25, 0.3) is 0 Å². The molecule has 5 heteroatoms. The molecule has 24 heavy (non-hydrogen) atoms. The van der Waals surface area contributed by atoms with Crippen molar-refractivity contribution >= 4 is 6.03 Å². The van der Waals surface area contributed by atoms with Gasteiger partial charge in [-0.05, 0) is 49.1 Å². The molecule has 1 atom stereocenters. The third-order valence-electron chi connectivity index (χ3n) is 4.94. The largest absolute Gasteiger partial charge is 0.337 e. The van der Waals surface area contributed by atoms with Crippen LogP contribution in [0.3, 0.4) is 0 Å². The quantitative estimate of drug-likeness (QED) is 0.911. The first-order valence-corrected chi connectivity index (χ1v) is 8.18. The Hall–Kier alpha value is -2.43. The van der Waals surface area contributed by atoms with Crippen LogP contribution in [0.1, 0.15) is 36.9 Å². The Labute approximate surface area is 141 Å². The maximum Gasteiger partial charge on any atom is 0.317 e. The van der Waals surface area contributed by atoms with Crippen LogP contribution in [0.5, 0.6) is 0 Å². The van der Waals surface area contributed by atoms with E-state index in [1.165, 1.54) is 6.07 Å². The van der Waals surface area contributed by atoms with E-state index in [2.05, 4.69) is 10.3 Å². The lowest BCUT2D eigenvalue weighted by atomic mass is 9.96. The predicted octanol–water partition coefficient (Wildman–Crippen LogP) is 3.65. The molecule has 1 heterocycles. The highest BCUT2D eigenvalue weighted by molar-refractivity contribution is 5.74. The fraction of sp³-hybridized carbons (Fsp3) is 0.368. The number of pyridine rings is 1. The Morgan fingerprint density at radius 1 is 1.38 bits per heavy atom. The van der Waals surface area contributed by atoms with Crippen LogP contribution >= 0.6 is 0 Å². The van der Waals surface area contributed by atoms with Gasteiger partial charge >= 0.3 is 6.03 Å². The summed E-state index contributed by atoms with van der Waals surface area (Å²) in [6.45, 7) is 2.50. The second-order valence-electron chi connectivity index (χ2n) is 6.52. The Balaban J connectivity index is 1.61. The van der Waals surface area contributed by atoms with Crippen molar-refractivity contribution < 1.29 is 9.18 Å². The van der Waals surface area contributed by atoms with Gasteiger partial charge < -0.3 is 10.2 Å². The van der Waals surface area contributed by atoms with E-state index in [1.807, 2.05) is 25.1 Å². The van der Waals surface area contributed by atoms with E-state index in [1.54, 1.807) is 36.5 Å². The van der Waals surface area contributed by atoms with Crippen LogP contribution in [0, 0.1) is 5.82 Å². The second kappa shape index (κ2) is 6.59. The lowest BCUT2D eigenvalue weighted by Gasteiger charge is -2.26. The first-order valence-electron chi connectivity index (χ1n) is 8.18. The molecule has 1 saturated carbocycles. The van der Waals surface area contributed by atoms with Gasteiger partial charge in [0, 0.05) is 31.4 Å². The van der Waals surface area contributed by atoms with Crippen molar-refractivity contribution in [3.05, 3.63) is 65.7 Å². The molecule has 0 aliphatic heterocycles. The first kappa shape index (κ1) is 16.4. The molecule has 126 valence electrons. The normalized spacial score (nSPS) is 16.3. The lowest BCUT2D eigenvalue weighted by Crippen LogP contribution is -2.42. The molecule has 1 aliphatic carbocycles. The summed E-state index contributed by atoms with van der Waals surface area (Å²) in [4.78, 5) is 18.2. The van der Waals surface area contributed by atoms with E-state index in [-0.39, 0.29) is 23.3 Å². The molecule has 3 rings (SSSR count). The molecule has 0 radical (unpaired) electrons. The molecule has 1 aromatic heterocycles. The molecule has 2 aromatic rings. The minimum absolute atomic E-state index is 0.0666. The average Bonchev–Trinajstić information content (AvgIpc) is 3.40. The van der Waals surface area contributed by atoms with E-state index in [0.29, 0.717) is 6.54 Å². The molecule has 1 N–H and O–H groups in total. The van der Waals surface area contributed by atoms with Crippen LogP contribution in [0.4, 0.5) is 9.18 Å². The minimum Gasteiger partial charge on any atom is -0.337 e. The lowest BCUT2D eigenvalue weighted by molar-refractivity contribution is 0.193. The fourth-order valence-electron chi connectivity index (χ4n) is 2.93. The van der Waals surface area contributed by atoms with Gasteiger partial charge in [-0.2, -0.15) is 0 Å². The van der Waals surface area contributed by atoms with Gasteiger partial charge in [0.05, 0.1) is 6.04 Å². The zero-order valence-electron chi connectivity index (χ0n) is 14.0. The molecule has 1 unspecified atom stereocenters. The summed E-state index contributed by atoms with van der Waals surface area (Å²) in [5.74, 6) is -0.229. The molecule has 0 spiro atoms. The standard InChI is InChI=1S/C19H22FN3O/c1-14(15-5-4-10-21-12-15)23(2)18(24)22-13-19(8-9-19)16-6-3-7-17(20)11-16/h3-7,10-12,14H,8-9,13H2,1-2H3,(H,22,24). The van der Waals surface area contributed by atoms with Crippen LogP contribution in [0.25, 0.3) is 0 Å². The van der Waals surface area contributed by atoms with E-state index >= 15 is 0 Å². The highest BCUT2D eigenvalue weighted by atomic mass is 19.1. The second-order valence-corrected chi connectivity index (χ2v) is 6.52. The molecule has 1 aromatic carbocycles. The van der Waals surface area contributed by atoms with Crippen LogP contribution in [-0.4, -0.2) is 29.5 Å². The highest BCUT2D eigenvalue weighted by Crippen LogP contribution is 2.47. The Morgan fingerprint density at radius 3 is 2.79 bits per heavy atom. The van der Waals surface area contributed by atoms with Gasteiger partial charge in [-0.25, -0.2) is 9.18 Å². The first-order chi connectivity index (χ1) is 11.5. The number of nitrogens with zero attached hydrogens (tertiary/aromatic N) is 2. The number of aromatic nitrogens is 1. The number of amides is 2. The Bertz CT molecular complexity index is 716. The summed E-state index contributed by atoms with van der Waals surface area (Å²) >= 11 is 0. The van der Waals surface area contributed by atoms with Gasteiger partial charge in [0.1, 0.15) is 5.82 Å². The summed E-state index contributed by atoms with van der Waals surface area (Å²) in [6, 6.07) is 10.3. The number of hydrogen-bond acceptors (Lipinski definition) is 2. The summed E-state index contributed by atoms with van der Waals surface area (Å²) in [6.07, 6.45) is 5.42. The zero-order chi connectivity index (χ0) is 17.2. The number of hydrogen-bond donors (Lipinski definition) is 1. The number of halogens is 1. The third kappa shape index (κ3) is 3.40. The molecule has 4 nitrogen and oxygen atoms in total. The van der Waals surface area contributed by atoms with Crippen molar-refractivity contribution in [3.63, 3.8) is 0 Å². The van der Waals surface area contributed by atoms with Crippen LogP contribution in [0.15, 0.2) is 48.8 Å². The number of nitrogens with one attached hydrogen (secondary N) is 1. The van der Waals surface area contributed by atoms with Gasteiger partial charge in [-0.1, -0.05) is 18.2 Å². The molecule has 1 fully saturated rings. The summed E-state index contributed by atoms with van der Waals surface area (Å²) < 4.78 is 13.4. The van der Waals surface area contributed by atoms with Gasteiger partial charge in [0.15, 0.2) is 0 Å². The highest BCUT2D eigenvalue weighted by Gasteiger charge is 2.44. The molecular weight excluding hydrogens is 305 g/mol. The van der Waals surface area contributed by atoms with Crippen molar-refractivity contribution in [2.24, 2.45) is 0 Å². The zero-order valence-corrected chi connectivity index (χ0v) is 14.0. The molecule has 1 aliphatic rings. The Kier molecular flexibility index (Phi) is 4.51. The number of carbonyl (C=O) groups is 1. The fourth-order valence-corrected chi connectivity index (χ4v) is 2.93. The van der Waals surface area contributed by atoms with Gasteiger partial charge in [-0.15, -0.1) is 0 Å². The predicted molar refractivity (Wildman–Crippen MR) is 91.1 cm³/mol. The van der Waals surface area contributed by atoms with Crippen LogP contribution < -0.4 is 5.32 Å². The summed E-state index contributed by atoms with van der Waals surface area (Å²) in [5, 5.41) is 3.00. The van der Waals surface area contributed by atoms with E-state index in [0.717, 1.165) is 24.0 Å². The number of carbonyl (C=O) groups excluding carboxylic acids is 1. The minimum atomic E-state index is -0.229. The summed E-state index contributed by atoms with van der Waals surface area (Å²) in [7, 11) is 1.77. The smallest absolute Gasteiger partial charge is 0.317 e. The van der Waals surface area contributed by atoms with Crippen molar-refractivity contribution in [1.29, 1.82) is 0 Å². The number of rotatable bonds is 5. The monoisotopic (exact) mass is 327 g/mol. The van der Waals surface area contributed by atoms with Gasteiger partial charge in [-0.3, -0.25) is 4.98 Å². The van der Waals surface area contributed by atoms with Gasteiger partial charge in [0.2, 0.25) is 0 Å². The van der Waals surface area contributed by atoms with Crippen molar-refractivity contribution in [2.45, 2.75) is 31.2 Å². The maximum absolute atomic E-state index is 13.4. The average molecular weight is 327 g/mol. The van der Waals surface area contributed by atoms with E-state index < -0.39 is 0 Å². The molecular formula is C19H22FN3O. The van der Waals surface area contributed by atoms with Crippen molar-refractivity contribution in [2.75, 3.05) is 13.6 Å². The maximum atomic E-state index is 13.4. The SMILES string of the molecule is CC(c1cccnc1)N(C)C(=O)NCC1(c2cccc(F)c2)CC1. The van der Waals surface area contributed by atoms with Crippen LogP contribution in [0.2, 0.25) is 0 Å². The van der Waals surface area contributed by atoms with Crippen molar-refractivity contribution in [1.82, 2.24) is 15.2 Å². The Morgan fingerprint density at radius 2 is 2.17 bits per heavy atom. The van der Waals surface area contributed by atoms with Crippen molar-refractivity contribution in [3.8, 4) is 0 Å². The third-order valence-corrected chi connectivity index (χ3v) is 4.94. The molecule has 0 bridgehead atoms. The molecule has 0 saturated heterocycles. The molecule has 2 amide bonds. The van der Waals surface area contributed by atoms with E-state index in [4.69, 9.17) is 0 Å². The number of benzene rings is 1. The van der Waals surface area contributed by atoms with E-state index in [9.17, 15) is 9.18 Å². The topological polar surface area (TPSA) is 45.2 Å². The van der Waals surface area contributed by atoms with Crippen LogP contribution in [-0.2, 0) is 5.41 Å². The summed E-state index contributed by atoms with van der Waals surface area (Å²) in [5.41, 5.74) is 1.84.